The molecule has 7 nitrogen and oxygen atoms in total. The van der Waals surface area contributed by atoms with E-state index in [0.717, 1.165) is 24.0 Å². The molecule has 1 heterocycles. The number of nitrogen functional groups attached to an aromatic ring is 1. The first kappa shape index (κ1) is 17.2. The van der Waals surface area contributed by atoms with Crippen LogP contribution in [0, 0.1) is 0 Å². The lowest BCUT2D eigenvalue weighted by molar-refractivity contribution is -0.437. The minimum Gasteiger partial charge on any atom is -0.550 e. The molecule has 0 saturated carbocycles. The molecular weight excluding hydrogens is 310 g/mol. The van der Waals surface area contributed by atoms with Gasteiger partial charge >= 0.3 is 5.97 Å². The predicted octanol–water partition coefficient (Wildman–Crippen LogP) is 0.0984. The Labute approximate surface area is 138 Å². The number of esters is 1. The number of anilines is 1. The normalized spacial score (nSPS) is 11.7. The van der Waals surface area contributed by atoms with Crippen LogP contribution < -0.4 is 16.2 Å². The van der Waals surface area contributed by atoms with Gasteiger partial charge in [-0.15, -0.1) is 0 Å². The molecule has 0 aliphatic carbocycles. The number of carboxylic acid groups (broad SMARTS) is 1. The molecule has 3 rings (SSSR count). The first-order valence-electron chi connectivity index (χ1n) is 7.10. The summed E-state index contributed by atoms with van der Waals surface area (Å²) in [6.07, 6.45) is 0. The largest absolute Gasteiger partial charge is 0.550 e. The number of carbonyl (C=O) groups excluding carboxylic acids is 2. The van der Waals surface area contributed by atoms with Crippen molar-refractivity contribution in [2.24, 2.45) is 4.99 Å². The average Bonchev–Trinajstić information content (AvgIpc) is 2.98. The van der Waals surface area contributed by atoms with E-state index in [1.165, 1.54) is 7.11 Å². The number of carboxylic acids is 1. The van der Waals surface area contributed by atoms with Crippen molar-refractivity contribution in [1.29, 1.82) is 0 Å². The van der Waals surface area contributed by atoms with Crippen molar-refractivity contribution < 1.29 is 24.7 Å². The molecule has 0 saturated heterocycles. The lowest BCUT2D eigenvalue weighted by Gasteiger charge is -2.00. The molecule has 0 fully saturated rings. The highest BCUT2D eigenvalue weighted by Gasteiger charge is 2.26. The van der Waals surface area contributed by atoms with E-state index >= 15 is 0 Å². The number of aliphatic carboxylic acids is 1. The summed E-state index contributed by atoms with van der Waals surface area (Å²) >= 11 is 0. The number of methoxy groups -OCH3 is 1. The van der Waals surface area contributed by atoms with Gasteiger partial charge in [0.1, 0.15) is 5.69 Å². The molecule has 1 aliphatic heterocycles. The van der Waals surface area contributed by atoms with Crippen LogP contribution in [0.15, 0.2) is 47.5 Å². The molecule has 2 aromatic carbocycles. The second kappa shape index (κ2) is 7.38. The predicted molar refractivity (Wildman–Crippen MR) is 87.1 cm³/mol. The lowest BCUT2D eigenvalue weighted by atomic mass is 10.1. The van der Waals surface area contributed by atoms with Crippen molar-refractivity contribution in [3.05, 3.63) is 53.6 Å². The highest BCUT2D eigenvalue weighted by Crippen LogP contribution is 2.30. The molecule has 24 heavy (non-hydrogen) atoms. The number of nitrogens with zero attached hydrogens (tertiary/aromatic N) is 1. The van der Waals surface area contributed by atoms with E-state index < -0.39 is 5.97 Å². The van der Waals surface area contributed by atoms with E-state index in [1.807, 2.05) is 41.7 Å². The van der Waals surface area contributed by atoms with Gasteiger partial charge in [0.15, 0.2) is 5.69 Å². The zero-order chi connectivity index (χ0) is 17.7. The van der Waals surface area contributed by atoms with E-state index in [-0.39, 0.29) is 5.97 Å². The third kappa shape index (κ3) is 3.96. The number of ether oxygens (including phenoxy) is 1. The zero-order valence-electron chi connectivity index (χ0n) is 13.3. The fourth-order valence-corrected chi connectivity index (χ4v) is 2.18. The maximum absolute atomic E-state index is 11.7. The molecule has 0 atom stereocenters. The Morgan fingerprint density at radius 2 is 1.79 bits per heavy atom. The Hall–Kier alpha value is -3.19. The Morgan fingerprint density at radius 3 is 2.38 bits per heavy atom. The highest BCUT2D eigenvalue weighted by molar-refractivity contribution is 6.04. The van der Waals surface area contributed by atoms with Crippen LogP contribution in [0.25, 0.3) is 0 Å². The van der Waals surface area contributed by atoms with Crippen LogP contribution in [0.1, 0.15) is 22.8 Å². The molecule has 1 aliphatic rings. The first-order chi connectivity index (χ1) is 11.4. The Morgan fingerprint density at radius 1 is 1.17 bits per heavy atom. The average molecular weight is 327 g/mol. The van der Waals surface area contributed by atoms with Crippen molar-refractivity contribution in [2.75, 3.05) is 12.8 Å². The number of rotatable bonds is 2. The Balaban J connectivity index is 0.000000471. The van der Waals surface area contributed by atoms with Crippen LogP contribution in [-0.4, -0.2) is 24.9 Å². The number of fused-ring (bicyclic) bond motifs is 1. The molecule has 0 amide bonds. The molecular formula is C17H17N3O4. The molecule has 124 valence electrons. The zero-order valence-corrected chi connectivity index (χ0v) is 13.3. The number of benzene rings is 2. The number of hydrogen-bond donors (Lipinski definition) is 2. The van der Waals surface area contributed by atoms with Gasteiger partial charge in [0.05, 0.1) is 18.2 Å². The molecule has 0 aromatic heterocycles. The lowest BCUT2D eigenvalue weighted by Crippen LogP contribution is -2.80. The van der Waals surface area contributed by atoms with Crippen LogP contribution in [0.3, 0.4) is 0 Å². The summed E-state index contributed by atoms with van der Waals surface area (Å²) in [5.74, 6) is -0.645. The van der Waals surface area contributed by atoms with Gasteiger partial charge in [-0.05, 0) is 37.3 Å². The SMILES string of the molecule is CC(=O)[O-].COC(=O)c1cccc2c1N=C(c1ccc(N)cc1)[NH2+]2. The minimum absolute atomic E-state index is 0.377. The van der Waals surface area contributed by atoms with E-state index in [2.05, 4.69) is 4.99 Å². The van der Waals surface area contributed by atoms with Gasteiger partial charge in [-0.2, -0.15) is 4.99 Å². The van der Waals surface area contributed by atoms with Crippen LogP contribution in [-0.2, 0) is 9.53 Å². The third-order valence-corrected chi connectivity index (χ3v) is 3.20. The molecule has 0 bridgehead atoms. The van der Waals surface area contributed by atoms with E-state index in [1.54, 1.807) is 6.07 Å². The summed E-state index contributed by atoms with van der Waals surface area (Å²) in [6.45, 7) is 0.972. The molecule has 0 radical (unpaired) electrons. The van der Waals surface area contributed by atoms with Gasteiger partial charge in [0, 0.05) is 17.7 Å². The van der Waals surface area contributed by atoms with Gasteiger partial charge < -0.3 is 20.4 Å². The van der Waals surface area contributed by atoms with Crippen molar-refractivity contribution >= 4 is 34.8 Å². The molecule has 2 aromatic rings. The third-order valence-electron chi connectivity index (χ3n) is 3.20. The fraction of sp³-hybridized carbons (Fsp3) is 0.118. The van der Waals surface area contributed by atoms with Gasteiger partial charge in [-0.3, -0.25) is 5.32 Å². The second-order valence-corrected chi connectivity index (χ2v) is 4.99. The van der Waals surface area contributed by atoms with E-state index in [4.69, 9.17) is 20.4 Å². The fourth-order valence-electron chi connectivity index (χ4n) is 2.18. The Bertz CT molecular complexity index is 794. The van der Waals surface area contributed by atoms with Crippen molar-refractivity contribution in [3.8, 4) is 0 Å². The smallest absolute Gasteiger partial charge is 0.340 e. The van der Waals surface area contributed by atoms with Crippen LogP contribution in [0.5, 0.6) is 0 Å². The number of nitrogens with two attached hydrogens (primary N) is 2. The maximum Gasteiger partial charge on any atom is 0.340 e. The maximum atomic E-state index is 11.7. The van der Waals surface area contributed by atoms with Crippen LogP contribution in [0.2, 0.25) is 0 Å². The van der Waals surface area contributed by atoms with Crippen molar-refractivity contribution in [3.63, 3.8) is 0 Å². The number of quaternary nitrogens is 1. The van der Waals surface area contributed by atoms with Gasteiger partial charge in [0.2, 0.25) is 5.84 Å². The Kier molecular flexibility index (Phi) is 5.28. The van der Waals surface area contributed by atoms with E-state index in [9.17, 15) is 4.79 Å². The standard InChI is InChI=1S/C15H13N3O2.C2H4O2/c1-20-15(19)11-3-2-4-12-13(11)18-14(17-12)9-5-7-10(16)8-6-9;1-2(3)4/h2-8H,16H2,1H3,(H,17,18);1H3,(H,3,4). The second-order valence-electron chi connectivity index (χ2n) is 4.99. The number of carbonyl (C=O) groups is 2. The molecule has 4 N–H and O–H groups in total. The molecule has 0 unspecified atom stereocenters. The van der Waals surface area contributed by atoms with Crippen LogP contribution in [0.4, 0.5) is 17.1 Å². The quantitative estimate of drug-likeness (QED) is 0.598. The summed E-state index contributed by atoms with van der Waals surface area (Å²) in [5, 5.41) is 10.8. The summed E-state index contributed by atoms with van der Waals surface area (Å²) in [7, 11) is 1.37. The highest BCUT2D eigenvalue weighted by atomic mass is 16.5. The number of hydrogen-bond acceptors (Lipinski definition) is 6. The van der Waals surface area contributed by atoms with Crippen LogP contribution >= 0.6 is 0 Å². The van der Waals surface area contributed by atoms with Crippen molar-refractivity contribution in [2.45, 2.75) is 6.92 Å². The van der Waals surface area contributed by atoms with Gasteiger partial charge in [0.25, 0.3) is 0 Å². The monoisotopic (exact) mass is 327 g/mol. The summed E-state index contributed by atoms with van der Waals surface area (Å²) in [4.78, 5) is 25.2. The van der Waals surface area contributed by atoms with Gasteiger partial charge in [-0.25, -0.2) is 4.79 Å². The summed E-state index contributed by atoms with van der Waals surface area (Å²) < 4.78 is 4.78. The summed E-state index contributed by atoms with van der Waals surface area (Å²) in [6, 6.07) is 12.9. The van der Waals surface area contributed by atoms with E-state index in [0.29, 0.717) is 16.9 Å². The number of aliphatic imine (C=N–C) groups is 1. The first-order valence-corrected chi connectivity index (χ1v) is 7.10. The number of amidine groups is 1. The molecule has 0 spiro atoms. The molecule has 7 heteroatoms. The van der Waals surface area contributed by atoms with Crippen molar-refractivity contribution in [1.82, 2.24) is 0 Å². The van der Waals surface area contributed by atoms with Gasteiger partial charge in [-0.1, -0.05) is 6.07 Å². The topological polar surface area (TPSA) is 121 Å². The summed E-state index contributed by atoms with van der Waals surface area (Å²) in [5.41, 5.74) is 9.41. The number of para-hydroxylation sites is 1. The minimum atomic E-state index is -1.08.